The molecule has 2 unspecified atom stereocenters. The molecule has 0 saturated heterocycles. The first kappa shape index (κ1) is 17.8. The fourth-order valence-electron chi connectivity index (χ4n) is 2.92. The Morgan fingerprint density at radius 2 is 1.62 bits per heavy atom. The van der Waals surface area contributed by atoms with Crippen molar-refractivity contribution in [2.24, 2.45) is 5.92 Å². The predicted molar refractivity (Wildman–Crippen MR) is 81.0 cm³/mol. The second-order valence-electron chi connectivity index (χ2n) is 5.68. The Balaban J connectivity index is 2.83. The van der Waals surface area contributed by atoms with Gasteiger partial charge in [-0.3, -0.25) is 4.79 Å². The van der Waals surface area contributed by atoms with Gasteiger partial charge in [-0.15, -0.1) is 0 Å². The highest BCUT2D eigenvalue weighted by molar-refractivity contribution is 5.75. The van der Waals surface area contributed by atoms with Crippen LogP contribution in [-0.2, 0) is 14.3 Å². The highest BCUT2D eigenvalue weighted by Crippen LogP contribution is 2.27. The van der Waals surface area contributed by atoms with Crippen LogP contribution in [0, 0.1) is 5.92 Å². The lowest BCUT2D eigenvalue weighted by Gasteiger charge is -2.39. The molecule has 0 N–H and O–H groups in total. The number of hydrogen-bond acceptors (Lipinski definition) is 4. The van der Waals surface area contributed by atoms with E-state index in [0.29, 0.717) is 13.2 Å². The Bertz CT molecular complexity index is 339. The molecule has 1 fully saturated rings. The van der Waals surface area contributed by atoms with Crippen LogP contribution in [0.25, 0.3) is 0 Å². The van der Waals surface area contributed by atoms with Gasteiger partial charge in [0.15, 0.2) is 0 Å². The minimum atomic E-state index is -0.351. The van der Waals surface area contributed by atoms with Crippen molar-refractivity contribution in [3.63, 3.8) is 0 Å². The van der Waals surface area contributed by atoms with Gasteiger partial charge in [0.2, 0.25) is 0 Å². The first-order valence-corrected chi connectivity index (χ1v) is 8.14. The molecule has 1 aliphatic carbocycles. The molecule has 0 heterocycles. The molecule has 5 heteroatoms. The topological polar surface area (TPSA) is 55.8 Å². The SMILES string of the molecule is CCOC(=O)C(C)C(C)N(C(=O)OCC)C1CCCCC1. The second kappa shape index (κ2) is 8.90. The number of hydrogen-bond donors (Lipinski definition) is 0. The standard InChI is InChI=1S/C16H29NO4/c1-5-20-15(18)12(3)13(4)17(16(19)21-6-2)14-10-8-7-9-11-14/h12-14H,5-11H2,1-4H3. The summed E-state index contributed by atoms with van der Waals surface area (Å²) < 4.78 is 10.3. The highest BCUT2D eigenvalue weighted by atomic mass is 16.6. The van der Waals surface area contributed by atoms with Gasteiger partial charge in [0, 0.05) is 12.1 Å². The largest absolute Gasteiger partial charge is 0.466 e. The van der Waals surface area contributed by atoms with Crippen LogP contribution in [0.15, 0.2) is 0 Å². The third-order valence-electron chi connectivity index (χ3n) is 4.27. The van der Waals surface area contributed by atoms with Crippen LogP contribution in [0.4, 0.5) is 4.79 Å². The maximum atomic E-state index is 12.3. The van der Waals surface area contributed by atoms with Crippen LogP contribution >= 0.6 is 0 Å². The smallest absolute Gasteiger partial charge is 0.410 e. The molecule has 5 nitrogen and oxygen atoms in total. The average Bonchev–Trinajstić information content (AvgIpc) is 2.48. The van der Waals surface area contributed by atoms with Crippen molar-refractivity contribution in [3.05, 3.63) is 0 Å². The zero-order chi connectivity index (χ0) is 15.8. The van der Waals surface area contributed by atoms with Crippen molar-refractivity contribution < 1.29 is 19.1 Å². The van der Waals surface area contributed by atoms with Crippen LogP contribution in [0.2, 0.25) is 0 Å². The Kier molecular flexibility index (Phi) is 7.54. The van der Waals surface area contributed by atoms with Gasteiger partial charge in [-0.2, -0.15) is 0 Å². The lowest BCUT2D eigenvalue weighted by atomic mass is 9.91. The van der Waals surface area contributed by atoms with Crippen LogP contribution in [-0.4, -0.2) is 42.3 Å². The molecule has 0 radical (unpaired) electrons. The molecule has 0 aliphatic heterocycles. The number of carbonyl (C=O) groups is 2. The molecule has 2 atom stereocenters. The van der Waals surface area contributed by atoms with Gasteiger partial charge >= 0.3 is 12.1 Å². The summed E-state index contributed by atoms with van der Waals surface area (Å²) in [6, 6.07) is -0.0455. The van der Waals surface area contributed by atoms with E-state index in [0.717, 1.165) is 25.7 Å². The molecule has 0 aromatic heterocycles. The molecule has 122 valence electrons. The molecule has 0 bridgehead atoms. The monoisotopic (exact) mass is 299 g/mol. The number of nitrogens with zero attached hydrogens (tertiary/aromatic N) is 1. The Morgan fingerprint density at radius 3 is 2.14 bits per heavy atom. The van der Waals surface area contributed by atoms with E-state index in [1.54, 1.807) is 18.7 Å². The number of amides is 1. The molecule has 0 spiro atoms. The molecule has 0 aromatic carbocycles. The molecule has 1 aliphatic rings. The third kappa shape index (κ3) is 4.90. The van der Waals surface area contributed by atoms with Crippen molar-refractivity contribution in [2.75, 3.05) is 13.2 Å². The summed E-state index contributed by atoms with van der Waals surface area (Å²) >= 11 is 0. The maximum absolute atomic E-state index is 12.3. The zero-order valence-corrected chi connectivity index (χ0v) is 13.8. The number of ether oxygens (including phenoxy) is 2. The quantitative estimate of drug-likeness (QED) is 0.706. The van der Waals surface area contributed by atoms with Gasteiger partial charge in [-0.05, 0) is 40.5 Å². The third-order valence-corrected chi connectivity index (χ3v) is 4.27. The highest BCUT2D eigenvalue weighted by Gasteiger charge is 2.35. The van der Waals surface area contributed by atoms with E-state index in [2.05, 4.69) is 0 Å². The molecule has 1 amide bonds. The van der Waals surface area contributed by atoms with Gasteiger partial charge < -0.3 is 14.4 Å². The van der Waals surface area contributed by atoms with E-state index >= 15 is 0 Å². The minimum absolute atomic E-state index is 0.171. The zero-order valence-electron chi connectivity index (χ0n) is 13.8. The summed E-state index contributed by atoms with van der Waals surface area (Å²) in [6.07, 6.45) is 5.13. The van der Waals surface area contributed by atoms with E-state index in [9.17, 15) is 9.59 Å². The Morgan fingerprint density at radius 1 is 1.05 bits per heavy atom. The molecule has 1 rings (SSSR count). The van der Waals surface area contributed by atoms with Gasteiger partial charge in [-0.1, -0.05) is 19.3 Å². The summed E-state index contributed by atoms with van der Waals surface area (Å²) in [6.45, 7) is 8.03. The van der Waals surface area contributed by atoms with E-state index in [-0.39, 0.29) is 30.1 Å². The molecular weight excluding hydrogens is 270 g/mol. The van der Waals surface area contributed by atoms with Crippen molar-refractivity contribution in [1.29, 1.82) is 0 Å². The number of esters is 1. The van der Waals surface area contributed by atoms with Crippen LogP contribution in [0.1, 0.15) is 59.8 Å². The lowest BCUT2D eigenvalue weighted by molar-refractivity contribution is -0.149. The van der Waals surface area contributed by atoms with E-state index in [1.165, 1.54) is 6.42 Å². The van der Waals surface area contributed by atoms with Gasteiger partial charge in [0.05, 0.1) is 19.1 Å². The van der Waals surface area contributed by atoms with E-state index in [4.69, 9.17) is 9.47 Å². The lowest BCUT2D eigenvalue weighted by Crippen LogP contribution is -2.51. The van der Waals surface area contributed by atoms with Crippen molar-refractivity contribution in [2.45, 2.75) is 71.9 Å². The van der Waals surface area contributed by atoms with Crippen LogP contribution < -0.4 is 0 Å². The Hall–Kier alpha value is -1.26. The van der Waals surface area contributed by atoms with E-state index in [1.807, 2.05) is 13.8 Å². The summed E-state index contributed by atoms with van der Waals surface area (Å²) in [7, 11) is 0. The maximum Gasteiger partial charge on any atom is 0.410 e. The van der Waals surface area contributed by atoms with Crippen molar-refractivity contribution >= 4 is 12.1 Å². The predicted octanol–water partition coefficient (Wildman–Crippen LogP) is 3.37. The van der Waals surface area contributed by atoms with E-state index < -0.39 is 0 Å². The normalized spacial score (nSPS) is 18.7. The fraction of sp³-hybridized carbons (Fsp3) is 0.875. The number of carbonyl (C=O) groups excluding carboxylic acids is 2. The first-order valence-electron chi connectivity index (χ1n) is 8.14. The minimum Gasteiger partial charge on any atom is -0.466 e. The van der Waals surface area contributed by atoms with Gasteiger partial charge in [-0.25, -0.2) is 4.79 Å². The van der Waals surface area contributed by atoms with Crippen molar-refractivity contribution in [3.8, 4) is 0 Å². The van der Waals surface area contributed by atoms with Gasteiger partial charge in [0.25, 0.3) is 0 Å². The molecule has 0 aromatic rings. The first-order chi connectivity index (χ1) is 10.0. The van der Waals surface area contributed by atoms with Gasteiger partial charge in [0.1, 0.15) is 0 Å². The summed E-state index contributed by atoms with van der Waals surface area (Å²) in [4.78, 5) is 26.0. The molecular formula is C16H29NO4. The summed E-state index contributed by atoms with van der Waals surface area (Å²) in [5.41, 5.74) is 0. The van der Waals surface area contributed by atoms with Crippen LogP contribution in [0.3, 0.4) is 0 Å². The fourth-order valence-corrected chi connectivity index (χ4v) is 2.92. The van der Waals surface area contributed by atoms with Crippen LogP contribution in [0.5, 0.6) is 0 Å². The molecule has 1 saturated carbocycles. The summed E-state index contributed by atoms with van der Waals surface area (Å²) in [5.74, 6) is -0.605. The average molecular weight is 299 g/mol. The molecule has 21 heavy (non-hydrogen) atoms. The van der Waals surface area contributed by atoms with Crippen molar-refractivity contribution in [1.82, 2.24) is 4.90 Å². The summed E-state index contributed by atoms with van der Waals surface area (Å²) in [5, 5.41) is 0. The Labute approximate surface area is 128 Å². The second-order valence-corrected chi connectivity index (χ2v) is 5.68. The number of rotatable bonds is 6.